The minimum absolute atomic E-state index is 0.267. The molecule has 0 radical (unpaired) electrons. The molecule has 0 spiro atoms. The maximum Gasteiger partial charge on any atom is 0.332 e. The largest absolute Gasteiger partial charge is 0.338 e. The van der Waals surface area contributed by atoms with Crippen LogP contribution < -0.4 is 21.5 Å². The Morgan fingerprint density at radius 3 is 2.55 bits per heavy atom. The van der Waals surface area contributed by atoms with Gasteiger partial charge in [0.2, 0.25) is 0 Å². The van der Waals surface area contributed by atoms with Gasteiger partial charge in [0.05, 0.1) is 11.4 Å². The van der Waals surface area contributed by atoms with Gasteiger partial charge in [0, 0.05) is 20.6 Å². The molecule has 0 bridgehead atoms. The maximum absolute atomic E-state index is 12.6. The molecule has 1 aliphatic heterocycles. The van der Waals surface area contributed by atoms with Crippen molar-refractivity contribution in [3.05, 3.63) is 45.1 Å². The number of aromatic nitrogens is 2. The van der Waals surface area contributed by atoms with Crippen molar-refractivity contribution in [1.82, 2.24) is 9.13 Å². The van der Waals surface area contributed by atoms with E-state index < -0.39 is 0 Å². The molecule has 0 saturated heterocycles. The summed E-state index contributed by atoms with van der Waals surface area (Å²) >= 11 is 0. The Bertz CT molecular complexity index is 835. The second-order valence-electron chi connectivity index (χ2n) is 5.55. The first-order valence-corrected chi connectivity index (χ1v) is 7.50. The Hall–Kier alpha value is -2.50. The van der Waals surface area contributed by atoms with Gasteiger partial charge in [-0.1, -0.05) is 25.5 Å². The van der Waals surface area contributed by atoms with Crippen molar-refractivity contribution in [3.63, 3.8) is 0 Å². The highest BCUT2D eigenvalue weighted by Crippen LogP contribution is 2.40. The number of nitrogens with one attached hydrogen (secondary N) is 1. The van der Waals surface area contributed by atoms with E-state index in [1.807, 2.05) is 29.2 Å². The number of benzene rings is 1. The molecule has 1 N–H and O–H groups in total. The van der Waals surface area contributed by atoms with Gasteiger partial charge in [-0.15, -0.1) is 0 Å². The van der Waals surface area contributed by atoms with Crippen molar-refractivity contribution >= 4 is 22.9 Å². The van der Waals surface area contributed by atoms with Crippen LogP contribution in [0.25, 0.3) is 0 Å². The van der Waals surface area contributed by atoms with E-state index in [0.717, 1.165) is 35.3 Å². The lowest BCUT2D eigenvalue weighted by Gasteiger charge is -2.34. The van der Waals surface area contributed by atoms with Crippen LogP contribution in [0.1, 0.15) is 19.8 Å². The monoisotopic (exact) mass is 300 g/mol. The Kier molecular flexibility index (Phi) is 3.52. The molecule has 0 fully saturated rings. The third kappa shape index (κ3) is 2.03. The Labute approximate surface area is 128 Å². The predicted molar refractivity (Wildman–Crippen MR) is 88.6 cm³/mol. The van der Waals surface area contributed by atoms with Crippen molar-refractivity contribution in [2.75, 3.05) is 16.8 Å². The summed E-state index contributed by atoms with van der Waals surface area (Å²) in [5.41, 5.74) is 1.83. The first-order chi connectivity index (χ1) is 10.6. The maximum atomic E-state index is 12.6. The minimum Gasteiger partial charge on any atom is -0.338 e. The van der Waals surface area contributed by atoms with Crippen LogP contribution in [0.2, 0.25) is 0 Å². The highest BCUT2D eigenvalue weighted by Gasteiger charge is 2.28. The number of rotatable bonds is 3. The number of nitrogens with zero attached hydrogens (tertiary/aromatic N) is 3. The summed E-state index contributed by atoms with van der Waals surface area (Å²) < 4.78 is 2.65. The van der Waals surface area contributed by atoms with Crippen molar-refractivity contribution in [3.8, 4) is 0 Å². The summed E-state index contributed by atoms with van der Waals surface area (Å²) in [6.45, 7) is 2.86. The van der Waals surface area contributed by atoms with Gasteiger partial charge in [0.25, 0.3) is 5.56 Å². The van der Waals surface area contributed by atoms with E-state index in [-0.39, 0.29) is 11.2 Å². The van der Waals surface area contributed by atoms with E-state index >= 15 is 0 Å². The van der Waals surface area contributed by atoms with Crippen LogP contribution in [0, 0.1) is 0 Å². The van der Waals surface area contributed by atoms with E-state index in [4.69, 9.17) is 0 Å². The second-order valence-corrected chi connectivity index (χ2v) is 5.55. The molecular formula is C16H20N4O2. The number of anilines is 4. The normalized spacial score (nSPS) is 12.6. The molecule has 1 aromatic carbocycles. The molecule has 1 aliphatic rings. The van der Waals surface area contributed by atoms with Crippen LogP contribution in [0.15, 0.2) is 33.9 Å². The van der Waals surface area contributed by atoms with Gasteiger partial charge >= 0.3 is 5.69 Å². The average Bonchev–Trinajstić information content (AvgIpc) is 2.55. The lowest BCUT2D eigenvalue weighted by molar-refractivity contribution is 0.681. The predicted octanol–water partition coefficient (Wildman–Crippen LogP) is 2.08. The fourth-order valence-corrected chi connectivity index (χ4v) is 2.82. The molecule has 0 saturated carbocycles. The van der Waals surface area contributed by atoms with Gasteiger partial charge in [-0.2, -0.15) is 0 Å². The van der Waals surface area contributed by atoms with Crippen molar-refractivity contribution in [1.29, 1.82) is 0 Å². The quantitative estimate of drug-likeness (QED) is 0.943. The fraction of sp³-hybridized carbons (Fsp3) is 0.375. The van der Waals surface area contributed by atoms with E-state index in [1.165, 1.54) is 11.6 Å². The van der Waals surface area contributed by atoms with Crippen LogP contribution >= 0.6 is 0 Å². The van der Waals surface area contributed by atoms with Crippen LogP contribution in [-0.2, 0) is 14.1 Å². The summed E-state index contributed by atoms with van der Waals surface area (Å²) in [5.74, 6) is 0.558. The number of fused-ring (bicyclic) bond motifs is 2. The molecule has 3 rings (SSSR count). The van der Waals surface area contributed by atoms with Crippen molar-refractivity contribution < 1.29 is 0 Å². The first kappa shape index (κ1) is 14.4. The third-order valence-electron chi connectivity index (χ3n) is 4.09. The minimum atomic E-state index is -0.328. The number of para-hydroxylation sites is 2. The van der Waals surface area contributed by atoms with Gasteiger partial charge in [-0.25, -0.2) is 4.79 Å². The number of hydrogen-bond acceptors (Lipinski definition) is 4. The average molecular weight is 300 g/mol. The van der Waals surface area contributed by atoms with Gasteiger partial charge in [0.15, 0.2) is 0 Å². The zero-order valence-corrected chi connectivity index (χ0v) is 13.1. The van der Waals surface area contributed by atoms with Gasteiger partial charge in [0.1, 0.15) is 11.5 Å². The molecule has 1 aromatic heterocycles. The molecule has 6 nitrogen and oxygen atoms in total. The fourth-order valence-electron chi connectivity index (χ4n) is 2.82. The summed E-state index contributed by atoms with van der Waals surface area (Å²) in [4.78, 5) is 26.8. The van der Waals surface area contributed by atoms with E-state index in [2.05, 4.69) is 12.2 Å². The molecule has 22 heavy (non-hydrogen) atoms. The molecule has 116 valence electrons. The van der Waals surface area contributed by atoms with Crippen LogP contribution in [0.5, 0.6) is 0 Å². The number of hydrogen-bond donors (Lipinski definition) is 1. The third-order valence-corrected chi connectivity index (χ3v) is 4.09. The van der Waals surface area contributed by atoms with Crippen molar-refractivity contribution in [2.45, 2.75) is 19.8 Å². The van der Waals surface area contributed by atoms with E-state index in [0.29, 0.717) is 11.5 Å². The number of unbranched alkanes of at least 4 members (excludes halogenated alkanes) is 1. The van der Waals surface area contributed by atoms with Crippen LogP contribution in [0.4, 0.5) is 22.9 Å². The molecule has 6 heteroatoms. The zero-order chi connectivity index (χ0) is 15.9. The van der Waals surface area contributed by atoms with Crippen LogP contribution in [-0.4, -0.2) is 15.7 Å². The highest BCUT2D eigenvalue weighted by molar-refractivity contribution is 5.89. The van der Waals surface area contributed by atoms with Gasteiger partial charge in [-0.3, -0.25) is 13.9 Å². The van der Waals surface area contributed by atoms with Crippen molar-refractivity contribution in [2.24, 2.45) is 14.1 Å². The standard InChI is InChI=1S/C16H20N4O2/c1-4-5-10-20-12-9-7-6-8-11(12)17-14-13(20)15(21)19(3)16(22)18(14)2/h6-9,17H,4-5,10H2,1-3H3. The summed E-state index contributed by atoms with van der Waals surface area (Å²) in [6.07, 6.45) is 2.01. The lowest BCUT2D eigenvalue weighted by atomic mass is 10.1. The Morgan fingerprint density at radius 1 is 1.09 bits per heavy atom. The Balaban J connectivity index is 2.29. The van der Waals surface area contributed by atoms with E-state index in [9.17, 15) is 9.59 Å². The smallest absolute Gasteiger partial charge is 0.332 e. The molecule has 0 amide bonds. The molecule has 0 atom stereocenters. The van der Waals surface area contributed by atoms with Gasteiger partial charge < -0.3 is 10.2 Å². The molecule has 2 aromatic rings. The SMILES string of the molecule is CCCCN1c2ccccc2Nc2c1c(=O)n(C)c(=O)n2C. The summed E-state index contributed by atoms with van der Waals surface area (Å²) in [5, 5.41) is 3.23. The van der Waals surface area contributed by atoms with E-state index in [1.54, 1.807) is 7.05 Å². The molecular weight excluding hydrogens is 280 g/mol. The highest BCUT2D eigenvalue weighted by atomic mass is 16.2. The molecule has 0 unspecified atom stereocenters. The summed E-state index contributed by atoms with van der Waals surface area (Å²) in [7, 11) is 3.20. The topological polar surface area (TPSA) is 59.3 Å². The van der Waals surface area contributed by atoms with Crippen LogP contribution in [0.3, 0.4) is 0 Å². The molecule has 2 heterocycles. The van der Waals surface area contributed by atoms with Gasteiger partial charge in [-0.05, 0) is 18.6 Å². The molecule has 0 aliphatic carbocycles. The second kappa shape index (κ2) is 5.36. The lowest BCUT2D eigenvalue weighted by Crippen LogP contribution is -2.43. The summed E-state index contributed by atoms with van der Waals surface area (Å²) in [6, 6.07) is 7.84. The first-order valence-electron chi connectivity index (χ1n) is 7.50. The zero-order valence-electron chi connectivity index (χ0n) is 13.1. The Morgan fingerprint density at radius 2 is 1.82 bits per heavy atom.